The molecule has 0 radical (unpaired) electrons. The Kier molecular flexibility index (Phi) is 5.33. The molecule has 0 aromatic carbocycles. The van der Waals surface area contributed by atoms with Crippen LogP contribution in [0.2, 0.25) is 0 Å². The van der Waals surface area contributed by atoms with E-state index in [1.54, 1.807) is 17.0 Å². The third-order valence-corrected chi connectivity index (χ3v) is 4.29. The minimum Gasteiger partial charge on any atom is -0.461 e. The van der Waals surface area contributed by atoms with Crippen LogP contribution in [0.1, 0.15) is 42.6 Å². The lowest BCUT2D eigenvalue weighted by molar-refractivity contribution is -0.139. The maximum absolute atomic E-state index is 12.7. The van der Waals surface area contributed by atoms with E-state index in [1.165, 1.54) is 6.26 Å². The van der Waals surface area contributed by atoms with Crippen molar-refractivity contribution in [3.8, 4) is 0 Å². The van der Waals surface area contributed by atoms with Gasteiger partial charge in [0.2, 0.25) is 5.91 Å². The Morgan fingerprint density at radius 1 is 1.36 bits per heavy atom. The van der Waals surface area contributed by atoms with Gasteiger partial charge in [-0.05, 0) is 32.0 Å². The monoisotopic (exact) mass is 345 g/mol. The van der Waals surface area contributed by atoms with E-state index in [-0.39, 0.29) is 36.6 Å². The van der Waals surface area contributed by atoms with Gasteiger partial charge in [-0.2, -0.15) is 5.10 Å². The number of carbonyl (C=O) groups excluding carboxylic acids is 2. The molecule has 7 nitrogen and oxygen atoms in total. The number of nitrogens with zero attached hydrogens (tertiary/aromatic N) is 3. The lowest BCUT2D eigenvalue weighted by Crippen LogP contribution is -2.50. The summed E-state index contributed by atoms with van der Waals surface area (Å²) in [7, 11) is 0. The van der Waals surface area contributed by atoms with E-state index in [2.05, 4.69) is 5.10 Å². The summed E-state index contributed by atoms with van der Waals surface area (Å²) in [6.07, 6.45) is 3.77. The molecule has 0 spiro atoms. The fourth-order valence-corrected chi connectivity index (χ4v) is 2.92. The predicted octanol–water partition coefficient (Wildman–Crippen LogP) is 2.10. The SMILES string of the molecule is CC(C)n1ccc(CC(=O)N2CCOCC2CC(=O)c2ccco2)n1. The number of ketones is 1. The van der Waals surface area contributed by atoms with Gasteiger partial charge in [-0.25, -0.2) is 0 Å². The summed E-state index contributed by atoms with van der Waals surface area (Å²) >= 11 is 0. The number of morpholine rings is 1. The molecule has 1 atom stereocenters. The van der Waals surface area contributed by atoms with Crippen LogP contribution in [0.3, 0.4) is 0 Å². The Bertz CT molecular complexity index is 721. The molecular formula is C18H23N3O4. The second-order valence-corrected chi connectivity index (χ2v) is 6.48. The Balaban J connectivity index is 1.65. The molecule has 1 saturated heterocycles. The number of carbonyl (C=O) groups is 2. The standard InChI is InChI=1S/C18H23N3O4/c1-13(2)21-6-5-14(19-21)10-18(23)20-7-9-24-12-15(20)11-16(22)17-4-3-8-25-17/h3-6,8,13,15H,7,9-12H2,1-2H3. The molecule has 7 heteroatoms. The van der Waals surface area contributed by atoms with Crippen LogP contribution in [-0.4, -0.2) is 52.2 Å². The van der Waals surface area contributed by atoms with Crippen LogP contribution in [0.25, 0.3) is 0 Å². The molecule has 25 heavy (non-hydrogen) atoms. The fourth-order valence-electron chi connectivity index (χ4n) is 2.92. The summed E-state index contributed by atoms with van der Waals surface area (Å²) in [6, 6.07) is 5.16. The van der Waals surface area contributed by atoms with Gasteiger partial charge in [0.1, 0.15) is 0 Å². The first-order chi connectivity index (χ1) is 12.0. The summed E-state index contributed by atoms with van der Waals surface area (Å²) in [4.78, 5) is 26.7. The Hall–Kier alpha value is -2.41. The molecule has 1 unspecified atom stereocenters. The van der Waals surface area contributed by atoms with E-state index in [1.807, 2.05) is 30.8 Å². The van der Waals surface area contributed by atoms with Gasteiger partial charge in [0, 0.05) is 25.2 Å². The third kappa shape index (κ3) is 4.17. The van der Waals surface area contributed by atoms with Gasteiger partial charge in [-0.15, -0.1) is 0 Å². The van der Waals surface area contributed by atoms with Gasteiger partial charge in [-0.1, -0.05) is 0 Å². The lowest BCUT2D eigenvalue weighted by atomic mass is 10.1. The third-order valence-electron chi connectivity index (χ3n) is 4.29. The highest BCUT2D eigenvalue weighted by Gasteiger charge is 2.30. The molecule has 0 aliphatic carbocycles. The number of hydrogen-bond acceptors (Lipinski definition) is 5. The van der Waals surface area contributed by atoms with Crippen molar-refractivity contribution < 1.29 is 18.7 Å². The van der Waals surface area contributed by atoms with Crippen molar-refractivity contribution in [1.82, 2.24) is 14.7 Å². The van der Waals surface area contributed by atoms with Gasteiger partial charge in [0.25, 0.3) is 0 Å². The first-order valence-corrected chi connectivity index (χ1v) is 8.52. The predicted molar refractivity (Wildman–Crippen MR) is 90.3 cm³/mol. The molecule has 1 fully saturated rings. The number of furan rings is 1. The average molecular weight is 345 g/mol. The van der Waals surface area contributed by atoms with E-state index in [4.69, 9.17) is 9.15 Å². The second kappa shape index (κ2) is 7.65. The minimum absolute atomic E-state index is 0.0328. The smallest absolute Gasteiger partial charge is 0.229 e. The van der Waals surface area contributed by atoms with Crippen LogP contribution in [0, 0.1) is 0 Å². The summed E-state index contributed by atoms with van der Waals surface area (Å²) in [5.41, 5.74) is 0.737. The highest BCUT2D eigenvalue weighted by atomic mass is 16.5. The van der Waals surface area contributed by atoms with Crippen LogP contribution in [0.4, 0.5) is 0 Å². The van der Waals surface area contributed by atoms with Crippen molar-refractivity contribution in [3.05, 3.63) is 42.1 Å². The normalized spacial score (nSPS) is 17.9. The van der Waals surface area contributed by atoms with Crippen molar-refractivity contribution >= 4 is 11.7 Å². The summed E-state index contributed by atoms with van der Waals surface area (Å²) < 4.78 is 12.5. The number of rotatable bonds is 6. The number of Topliss-reactive ketones (excluding diaryl/α,β-unsaturated/α-hetero) is 1. The summed E-state index contributed by atoms with van der Waals surface area (Å²) in [6.45, 7) is 5.41. The highest BCUT2D eigenvalue weighted by Crippen LogP contribution is 2.16. The number of amides is 1. The Labute approximate surface area is 146 Å². The van der Waals surface area contributed by atoms with E-state index >= 15 is 0 Å². The minimum atomic E-state index is -0.272. The van der Waals surface area contributed by atoms with Crippen molar-refractivity contribution in [2.45, 2.75) is 38.8 Å². The quantitative estimate of drug-likeness (QED) is 0.749. The molecule has 1 aliphatic heterocycles. The van der Waals surface area contributed by atoms with Crippen LogP contribution >= 0.6 is 0 Å². The lowest BCUT2D eigenvalue weighted by Gasteiger charge is -2.35. The van der Waals surface area contributed by atoms with Crippen molar-refractivity contribution in [2.24, 2.45) is 0 Å². The first kappa shape index (κ1) is 17.4. The van der Waals surface area contributed by atoms with Gasteiger partial charge in [-0.3, -0.25) is 14.3 Å². The maximum atomic E-state index is 12.7. The van der Waals surface area contributed by atoms with E-state index in [9.17, 15) is 9.59 Å². The largest absolute Gasteiger partial charge is 0.461 e. The van der Waals surface area contributed by atoms with Gasteiger partial charge < -0.3 is 14.1 Å². The molecule has 3 heterocycles. The van der Waals surface area contributed by atoms with Gasteiger partial charge in [0.05, 0.1) is 37.6 Å². The van der Waals surface area contributed by atoms with Crippen molar-refractivity contribution in [1.29, 1.82) is 0 Å². The zero-order valence-corrected chi connectivity index (χ0v) is 14.6. The topological polar surface area (TPSA) is 77.6 Å². The zero-order chi connectivity index (χ0) is 17.8. The highest BCUT2D eigenvalue weighted by molar-refractivity contribution is 5.94. The number of aromatic nitrogens is 2. The van der Waals surface area contributed by atoms with E-state index in [0.717, 1.165) is 5.69 Å². The van der Waals surface area contributed by atoms with Crippen molar-refractivity contribution in [2.75, 3.05) is 19.8 Å². The molecule has 0 saturated carbocycles. The van der Waals surface area contributed by atoms with Crippen LogP contribution < -0.4 is 0 Å². The number of ether oxygens (including phenoxy) is 1. The molecule has 3 rings (SSSR count). The fraction of sp³-hybridized carbons (Fsp3) is 0.500. The Morgan fingerprint density at radius 3 is 2.88 bits per heavy atom. The van der Waals surface area contributed by atoms with Crippen LogP contribution in [0.5, 0.6) is 0 Å². The molecule has 1 aliphatic rings. The molecular weight excluding hydrogens is 322 g/mol. The van der Waals surface area contributed by atoms with Crippen LogP contribution in [0.15, 0.2) is 35.1 Å². The molecule has 2 aromatic heterocycles. The summed E-state index contributed by atoms with van der Waals surface area (Å²) in [5.74, 6) is 0.158. The molecule has 2 aromatic rings. The summed E-state index contributed by atoms with van der Waals surface area (Å²) in [5, 5.41) is 4.43. The molecule has 0 N–H and O–H groups in total. The van der Waals surface area contributed by atoms with E-state index < -0.39 is 0 Å². The maximum Gasteiger partial charge on any atom is 0.229 e. The second-order valence-electron chi connectivity index (χ2n) is 6.48. The molecule has 134 valence electrons. The van der Waals surface area contributed by atoms with Crippen molar-refractivity contribution in [3.63, 3.8) is 0 Å². The van der Waals surface area contributed by atoms with Gasteiger partial charge in [0.15, 0.2) is 11.5 Å². The van der Waals surface area contributed by atoms with E-state index in [0.29, 0.717) is 25.5 Å². The molecule has 0 bridgehead atoms. The van der Waals surface area contributed by atoms with Crippen LogP contribution in [-0.2, 0) is 16.0 Å². The molecule has 1 amide bonds. The Morgan fingerprint density at radius 2 is 2.20 bits per heavy atom. The first-order valence-electron chi connectivity index (χ1n) is 8.52. The average Bonchev–Trinajstić information content (AvgIpc) is 3.27. The zero-order valence-electron chi connectivity index (χ0n) is 14.6. The number of hydrogen-bond donors (Lipinski definition) is 0. The van der Waals surface area contributed by atoms with Gasteiger partial charge >= 0.3 is 0 Å².